The zero-order valence-electron chi connectivity index (χ0n) is 11.6. The number of rotatable bonds is 3. The summed E-state index contributed by atoms with van der Waals surface area (Å²) >= 11 is 0. The highest BCUT2D eigenvalue weighted by molar-refractivity contribution is 5.85. The number of hydrogen-bond donors (Lipinski definition) is 2. The molecule has 0 heterocycles. The zero-order chi connectivity index (χ0) is 13.2. The fraction of sp³-hybridized carbons (Fsp3) is 0.533. The van der Waals surface area contributed by atoms with Gasteiger partial charge >= 0.3 is 0 Å². The Morgan fingerprint density at radius 2 is 2.16 bits per heavy atom. The molecule has 3 nitrogen and oxygen atoms in total. The van der Waals surface area contributed by atoms with Crippen LogP contribution in [0.25, 0.3) is 0 Å². The Hall–Kier alpha value is -1.06. The minimum atomic E-state index is -0.438. The second-order valence-corrected chi connectivity index (χ2v) is 5.58. The van der Waals surface area contributed by atoms with E-state index in [9.17, 15) is 4.79 Å². The summed E-state index contributed by atoms with van der Waals surface area (Å²) in [6.07, 6.45) is 3.44. The summed E-state index contributed by atoms with van der Waals surface area (Å²) in [4.78, 5) is 11.6. The summed E-state index contributed by atoms with van der Waals surface area (Å²) in [5.41, 5.74) is 8.41. The van der Waals surface area contributed by atoms with Crippen molar-refractivity contribution in [3.8, 4) is 0 Å². The van der Waals surface area contributed by atoms with Gasteiger partial charge in [-0.2, -0.15) is 0 Å². The highest BCUT2D eigenvalue weighted by Gasteiger charge is 2.32. The minimum absolute atomic E-state index is 0. The largest absolute Gasteiger partial charge is 0.354 e. The third-order valence-corrected chi connectivity index (χ3v) is 3.91. The number of halogens is 1. The van der Waals surface area contributed by atoms with Crippen molar-refractivity contribution in [2.24, 2.45) is 5.73 Å². The molecule has 19 heavy (non-hydrogen) atoms. The van der Waals surface area contributed by atoms with Gasteiger partial charge in [-0.05, 0) is 37.3 Å². The van der Waals surface area contributed by atoms with Gasteiger partial charge in [-0.25, -0.2) is 0 Å². The number of nitrogens with two attached hydrogens (primary N) is 1. The second-order valence-electron chi connectivity index (χ2n) is 5.58. The number of fused-ring (bicyclic) bond motifs is 1. The number of benzene rings is 1. The molecule has 0 bridgehead atoms. The lowest BCUT2D eigenvalue weighted by Gasteiger charge is -2.36. The highest BCUT2D eigenvalue weighted by atomic mass is 35.5. The van der Waals surface area contributed by atoms with Crippen molar-refractivity contribution < 1.29 is 4.79 Å². The van der Waals surface area contributed by atoms with Gasteiger partial charge in [-0.15, -0.1) is 12.4 Å². The predicted octanol–water partition coefficient (Wildman–Crippen LogP) is 2.17. The van der Waals surface area contributed by atoms with Crippen molar-refractivity contribution in [3.63, 3.8) is 0 Å². The number of hydrogen-bond acceptors (Lipinski definition) is 2. The summed E-state index contributed by atoms with van der Waals surface area (Å²) in [5.74, 6) is -0.0701. The Balaban J connectivity index is 0.00000180. The monoisotopic (exact) mass is 282 g/mol. The molecule has 1 aromatic rings. The lowest BCUT2D eigenvalue weighted by Crippen LogP contribution is -2.45. The van der Waals surface area contributed by atoms with Crippen molar-refractivity contribution in [2.75, 3.05) is 6.54 Å². The number of nitrogens with one attached hydrogen (secondary N) is 1. The quantitative estimate of drug-likeness (QED) is 0.893. The van der Waals surface area contributed by atoms with Crippen molar-refractivity contribution in [1.29, 1.82) is 0 Å². The molecule has 3 N–H and O–H groups in total. The van der Waals surface area contributed by atoms with E-state index in [1.807, 2.05) is 0 Å². The Labute approximate surface area is 121 Å². The van der Waals surface area contributed by atoms with E-state index in [2.05, 4.69) is 36.5 Å². The molecule has 4 heteroatoms. The Kier molecular flexibility index (Phi) is 5.39. The third kappa shape index (κ3) is 3.48. The Morgan fingerprint density at radius 1 is 1.47 bits per heavy atom. The average Bonchev–Trinajstić information content (AvgIpc) is 2.36. The molecule has 0 saturated heterocycles. The van der Waals surface area contributed by atoms with E-state index >= 15 is 0 Å². The fourth-order valence-corrected chi connectivity index (χ4v) is 2.76. The van der Waals surface area contributed by atoms with Crippen LogP contribution in [0, 0.1) is 0 Å². The van der Waals surface area contributed by atoms with Crippen LogP contribution in [0.2, 0.25) is 0 Å². The smallest absolute Gasteiger partial charge is 0.236 e. The van der Waals surface area contributed by atoms with Gasteiger partial charge in [0.1, 0.15) is 0 Å². The van der Waals surface area contributed by atoms with Gasteiger partial charge in [-0.1, -0.05) is 31.2 Å². The normalized spacial score (nSPS) is 22.9. The molecule has 1 aliphatic carbocycles. The Morgan fingerprint density at radius 3 is 2.84 bits per heavy atom. The maximum atomic E-state index is 11.6. The van der Waals surface area contributed by atoms with Gasteiger partial charge in [0.15, 0.2) is 0 Å². The van der Waals surface area contributed by atoms with E-state index in [-0.39, 0.29) is 23.7 Å². The Bertz CT molecular complexity index is 448. The van der Waals surface area contributed by atoms with Crippen molar-refractivity contribution in [3.05, 3.63) is 35.4 Å². The molecule has 1 amide bonds. The van der Waals surface area contributed by atoms with Gasteiger partial charge < -0.3 is 11.1 Å². The molecule has 106 valence electrons. The predicted molar refractivity (Wildman–Crippen MR) is 80.6 cm³/mol. The van der Waals surface area contributed by atoms with Crippen LogP contribution in [0.4, 0.5) is 0 Å². The molecule has 0 saturated carbocycles. The minimum Gasteiger partial charge on any atom is -0.354 e. The number of carbonyl (C=O) groups excluding carboxylic acids is 1. The van der Waals surface area contributed by atoms with E-state index in [0.29, 0.717) is 6.54 Å². The first-order chi connectivity index (χ1) is 8.53. The first-order valence-corrected chi connectivity index (χ1v) is 6.65. The SMILES string of the molecule is C[C@@H](N)C(=O)NCC1(C)CCCc2ccccc21.Cl. The summed E-state index contributed by atoms with van der Waals surface area (Å²) in [6.45, 7) is 4.61. The molecule has 0 radical (unpaired) electrons. The molecule has 2 rings (SSSR count). The summed E-state index contributed by atoms with van der Waals surface area (Å²) in [5, 5.41) is 2.97. The average molecular weight is 283 g/mol. The molecular weight excluding hydrogens is 260 g/mol. The number of carbonyl (C=O) groups is 1. The first kappa shape index (κ1) is 16.0. The molecule has 0 fully saturated rings. The van der Waals surface area contributed by atoms with Crippen LogP contribution in [-0.2, 0) is 16.6 Å². The number of amides is 1. The summed E-state index contributed by atoms with van der Waals surface area (Å²) < 4.78 is 0. The highest BCUT2D eigenvalue weighted by Crippen LogP contribution is 2.36. The van der Waals surface area contributed by atoms with Gasteiger partial charge in [0.05, 0.1) is 6.04 Å². The van der Waals surface area contributed by atoms with Crippen LogP contribution in [0.1, 0.15) is 37.8 Å². The standard InChI is InChI=1S/C15H22N2O.ClH/c1-11(16)14(18)17-10-15(2)9-5-7-12-6-3-4-8-13(12)15;/h3-4,6,8,11H,5,7,9-10,16H2,1-2H3,(H,17,18);1H/t11-,15?;/m1./s1. The van der Waals surface area contributed by atoms with Crippen LogP contribution in [-0.4, -0.2) is 18.5 Å². The van der Waals surface area contributed by atoms with Crippen LogP contribution >= 0.6 is 12.4 Å². The van der Waals surface area contributed by atoms with Crippen molar-refractivity contribution in [1.82, 2.24) is 5.32 Å². The molecular formula is C15H23ClN2O. The molecule has 1 aromatic carbocycles. The maximum Gasteiger partial charge on any atom is 0.236 e. The molecule has 1 unspecified atom stereocenters. The van der Waals surface area contributed by atoms with E-state index in [1.54, 1.807) is 6.92 Å². The molecule has 0 aliphatic heterocycles. The van der Waals surface area contributed by atoms with Crippen molar-refractivity contribution in [2.45, 2.75) is 44.6 Å². The van der Waals surface area contributed by atoms with E-state index < -0.39 is 6.04 Å². The lowest BCUT2D eigenvalue weighted by molar-refractivity contribution is -0.122. The van der Waals surface area contributed by atoms with Crippen LogP contribution < -0.4 is 11.1 Å². The number of aryl methyl sites for hydroxylation is 1. The van der Waals surface area contributed by atoms with Gasteiger partial charge in [-0.3, -0.25) is 4.79 Å². The topological polar surface area (TPSA) is 55.1 Å². The zero-order valence-corrected chi connectivity index (χ0v) is 12.4. The second kappa shape index (κ2) is 6.40. The molecule has 0 spiro atoms. The maximum absolute atomic E-state index is 11.6. The molecule has 0 aromatic heterocycles. The van der Waals surface area contributed by atoms with Crippen LogP contribution in [0.3, 0.4) is 0 Å². The lowest BCUT2D eigenvalue weighted by atomic mass is 9.71. The summed E-state index contributed by atoms with van der Waals surface area (Å²) in [7, 11) is 0. The fourth-order valence-electron chi connectivity index (χ4n) is 2.76. The molecule has 1 aliphatic rings. The molecule has 2 atom stereocenters. The van der Waals surface area contributed by atoms with E-state index in [0.717, 1.165) is 12.8 Å². The van der Waals surface area contributed by atoms with Crippen LogP contribution in [0.5, 0.6) is 0 Å². The van der Waals surface area contributed by atoms with Gasteiger partial charge in [0, 0.05) is 12.0 Å². The summed E-state index contributed by atoms with van der Waals surface area (Å²) in [6, 6.07) is 8.11. The third-order valence-electron chi connectivity index (χ3n) is 3.91. The first-order valence-electron chi connectivity index (χ1n) is 6.65. The van der Waals surface area contributed by atoms with E-state index in [1.165, 1.54) is 17.5 Å². The van der Waals surface area contributed by atoms with E-state index in [4.69, 9.17) is 5.73 Å². The van der Waals surface area contributed by atoms with Crippen LogP contribution in [0.15, 0.2) is 24.3 Å². The van der Waals surface area contributed by atoms with Crippen molar-refractivity contribution >= 4 is 18.3 Å². The van der Waals surface area contributed by atoms with Gasteiger partial charge in [0.25, 0.3) is 0 Å². The van der Waals surface area contributed by atoms with Gasteiger partial charge in [0.2, 0.25) is 5.91 Å².